The van der Waals surface area contributed by atoms with Gasteiger partial charge < -0.3 is 5.11 Å². The zero-order valence-corrected chi connectivity index (χ0v) is 9.17. The van der Waals surface area contributed by atoms with Crippen molar-refractivity contribution in [2.75, 3.05) is 0 Å². The van der Waals surface area contributed by atoms with Crippen LogP contribution in [0.1, 0.15) is 23.6 Å². The van der Waals surface area contributed by atoms with Crippen LogP contribution in [0.4, 0.5) is 4.39 Å². The maximum atomic E-state index is 13.3. The second kappa shape index (κ2) is 4.43. The smallest absolute Gasteiger partial charge is 0.306 e. The first kappa shape index (κ1) is 11.7. The van der Waals surface area contributed by atoms with E-state index in [-0.39, 0.29) is 5.82 Å². The van der Waals surface area contributed by atoms with Crippen LogP contribution in [0.15, 0.2) is 12.1 Å². The Morgan fingerprint density at radius 3 is 2.27 bits per heavy atom. The lowest BCUT2D eigenvalue weighted by molar-refractivity contribution is -0.141. The predicted molar refractivity (Wildman–Crippen MR) is 56.4 cm³/mol. The molecule has 1 aromatic carbocycles. The molecule has 15 heavy (non-hydrogen) atoms. The number of benzene rings is 1. The molecule has 0 amide bonds. The van der Waals surface area contributed by atoms with Gasteiger partial charge in [-0.05, 0) is 37.0 Å². The zero-order chi connectivity index (χ0) is 11.6. The quantitative estimate of drug-likeness (QED) is 0.832. The summed E-state index contributed by atoms with van der Waals surface area (Å²) in [6, 6.07) is 3.42. The third-order valence-corrected chi connectivity index (χ3v) is 2.46. The summed E-state index contributed by atoms with van der Waals surface area (Å²) in [4.78, 5) is 10.7. The molecular weight excluding hydrogens is 195 g/mol. The highest BCUT2D eigenvalue weighted by molar-refractivity contribution is 5.69. The maximum absolute atomic E-state index is 13.3. The third kappa shape index (κ3) is 2.78. The highest BCUT2D eigenvalue weighted by Crippen LogP contribution is 2.17. The van der Waals surface area contributed by atoms with Gasteiger partial charge in [0.15, 0.2) is 0 Å². The normalized spacial score (nSPS) is 12.5. The van der Waals surface area contributed by atoms with Crippen molar-refractivity contribution in [2.45, 2.75) is 27.2 Å². The van der Waals surface area contributed by atoms with E-state index in [1.165, 1.54) is 0 Å². The van der Waals surface area contributed by atoms with Gasteiger partial charge in [-0.25, -0.2) is 4.39 Å². The molecule has 0 aliphatic carbocycles. The molecule has 0 spiro atoms. The van der Waals surface area contributed by atoms with Gasteiger partial charge in [-0.3, -0.25) is 4.79 Å². The van der Waals surface area contributed by atoms with Crippen molar-refractivity contribution in [2.24, 2.45) is 5.92 Å². The van der Waals surface area contributed by atoms with E-state index in [1.807, 2.05) is 0 Å². The van der Waals surface area contributed by atoms with Crippen LogP contribution in [0.2, 0.25) is 0 Å². The van der Waals surface area contributed by atoms with E-state index in [4.69, 9.17) is 5.11 Å². The summed E-state index contributed by atoms with van der Waals surface area (Å²) in [5.41, 5.74) is 2.02. The molecule has 0 radical (unpaired) electrons. The first-order valence-corrected chi connectivity index (χ1v) is 4.90. The highest BCUT2D eigenvalue weighted by Gasteiger charge is 2.13. The van der Waals surface area contributed by atoms with Gasteiger partial charge in [-0.2, -0.15) is 0 Å². The van der Waals surface area contributed by atoms with Gasteiger partial charge >= 0.3 is 5.97 Å². The fraction of sp³-hybridized carbons (Fsp3) is 0.417. The molecule has 0 fully saturated rings. The van der Waals surface area contributed by atoms with E-state index >= 15 is 0 Å². The van der Waals surface area contributed by atoms with Crippen LogP contribution in [0.5, 0.6) is 0 Å². The number of carboxylic acids is 1. The first-order valence-electron chi connectivity index (χ1n) is 4.90. The summed E-state index contributed by atoms with van der Waals surface area (Å²) >= 11 is 0. The fourth-order valence-corrected chi connectivity index (χ4v) is 1.59. The summed E-state index contributed by atoms with van der Waals surface area (Å²) in [5, 5.41) is 8.76. The summed E-state index contributed by atoms with van der Waals surface area (Å²) in [7, 11) is 0. The first-order chi connectivity index (χ1) is 6.91. The molecule has 1 unspecified atom stereocenters. The SMILES string of the molecule is Cc1cc(CC(C)C(=O)O)cc(C)c1F. The number of aliphatic carboxylic acids is 1. The van der Waals surface area contributed by atoms with Crippen LogP contribution in [0.3, 0.4) is 0 Å². The summed E-state index contributed by atoms with van der Waals surface area (Å²) in [6.07, 6.45) is 0.442. The largest absolute Gasteiger partial charge is 0.481 e. The summed E-state index contributed by atoms with van der Waals surface area (Å²) in [5.74, 6) is -1.47. The van der Waals surface area contributed by atoms with Gasteiger partial charge in [0.2, 0.25) is 0 Å². The van der Waals surface area contributed by atoms with Crippen LogP contribution in [-0.4, -0.2) is 11.1 Å². The van der Waals surface area contributed by atoms with Crippen molar-refractivity contribution in [1.82, 2.24) is 0 Å². The van der Waals surface area contributed by atoms with Crippen LogP contribution >= 0.6 is 0 Å². The zero-order valence-electron chi connectivity index (χ0n) is 9.17. The Kier molecular flexibility index (Phi) is 3.45. The van der Waals surface area contributed by atoms with Crippen LogP contribution in [-0.2, 0) is 11.2 Å². The van der Waals surface area contributed by atoms with E-state index in [1.54, 1.807) is 32.9 Å². The van der Waals surface area contributed by atoms with E-state index < -0.39 is 11.9 Å². The van der Waals surface area contributed by atoms with E-state index in [0.29, 0.717) is 17.5 Å². The van der Waals surface area contributed by atoms with Gasteiger partial charge in [0.05, 0.1) is 5.92 Å². The predicted octanol–water partition coefficient (Wildman–Crippen LogP) is 2.71. The number of carboxylic acid groups (broad SMARTS) is 1. The minimum Gasteiger partial charge on any atom is -0.481 e. The monoisotopic (exact) mass is 210 g/mol. The number of halogens is 1. The Labute approximate surface area is 88.7 Å². The molecule has 0 saturated carbocycles. The van der Waals surface area contributed by atoms with Crippen molar-refractivity contribution < 1.29 is 14.3 Å². The molecule has 0 bridgehead atoms. The molecule has 82 valence electrons. The topological polar surface area (TPSA) is 37.3 Å². The lowest BCUT2D eigenvalue weighted by Gasteiger charge is -2.09. The van der Waals surface area contributed by atoms with Crippen LogP contribution < -0.4 is 0 Å². The Morgan fingerprint density at radius 1 is 1.40 bits per heavy atom. The van der Waals surface area contributed by atoms with Gasteiger partial charge in [0, 0.05) is 0 Å². The average molecular weight is 210 g/mol. The molecule has 0 aliphatic heterocycles. The summed E-state index contributed by atoms with van der Waals surface area (Å²) < 4.78 is 13.3. The lowest BCUT2D eigenvalue weighted by atomic mass is 9.98. The molecule has 0 aromatic heterocycles. The fourth-order valence-electron chi connectivity index (χ4n) is 1.59. The number of aryl methyl sites for hydroxylation is 2. The molecule has 1 aromatic rings. The highest BCUT2D eigenvalue weighted by atomic mass is 19.1. The van der Waals surface area contributed by atoms with Crippen molar-refractivity contribution >= 4 is 5.97 Å². The molecule has 0 saturated heterocycles. The maximum Gasteiger partial charge on any atom is 0.306 e. The average Bonchev–Trinajstić information content (AvgIpc) is 2.13. The second-order valence-corrected chi connectivity index (χ2v) is 3.99. The van der Waals surface area contributed by atoms with Crippen molar-refractivity contribution in [1.29, 1.82) is 0 Å². The summed E-state index contributed by atoms with van der Waals surface area (Å²) in [6.45, 7) is 5.03. The van der Waals surface area contributed by atoms with Gasteiger partial charge in [0.1, 0.15) is 5.82 Å². The molecule has 0 heterocycles. The van der Waals surface area contributed by atoms with Gasteiger partial charge in [-0.1, -0.05) is 19.1 Å². The molecule has 1 N–H and O–H groups in total. The van der Waals surface area contributed by atoms with Crippen LogP contribution in [0, 0.1) is 25.6 Å². The minimum atomic E-state index is -0.824. The number of rotatable bonds is 3. The Balaban J connectivity index is 2.92. The molecular formula is C12H15FO2. The standard InChI is InChI=1S/C12H15FO2/c1-7-4-10(5-8(2)11(7)13)6-9(3)12(14)15/h4-5,9H,6H2,1-3H3,(H,14,15). The van der Waals surface area contributed by atoms with Crippen molar-refractivity contribution in [3.8, 4) is 0 Å². The van der Waals surface area contributed by atoms with E-state index in [0.717, 1.165) is 5.56 Å². The molecule has 2 nitrogen and oxygen atoms in total. The molecule has 0 aliphatic rings. The van der Waals surface area contributed by atoms with Crippen molar-refractivity contribution in [3.63, 3.8) is 0 Å². The van der Waals surface area contributed by atoms with Gasteiger partial charge in [0.25, 0.3) is 0 Å². The van der Waals surface area contributed by atoms with Crippen LogP contribution in [0.25, 0.3) is 0 Å². The van der Waals surface area contributed by atoms with E-state index in [2.05, 4.69) is 0 Å². The number of hydrogen-bond acceptors (Lipinski definition) is 1. The van der Waals surface area contributed by atoms with E-state index in [9.17, 15) is 9.18 Å². The number of carbonyl (C=O) groups is 1. The molecule has 3 heteroatoms. The third-order valence-electron chi connectivity index (χ3n) is 2.46. The van der Waals surface area contributed by atoms with Gasteiger partial charge in [-0.15, -0.1) is 0 Å². The second-order valence-electron chi connectivity index (χ2n) is 3.99. The molecule has 1 atom stereocenters. The Bertz CT molecular complexity index is 362. The van der Waals surface area contributed by atoms with Crippen molar-refractivity contribution in [3.05, 3.63) is 34.6 Å². The molecule has 1 rings (SSSR count). The minimum absolute atomic E-state index is 0.207. The lowest BCUT2D eigenvalue weighted by Crippen LogP contribution is -2.12. The Hall–Kier alpha value is -1.38. The Morgan fingerprint density at radius 2 is 1.87 bits per heavy atom. The number of hydrogen-bond donors (Lipinski definition) is 1.